The number of allylic oxidation sites excluding steroid dienone is 3. The topological polar surface area (TPSA) is 110 Å². The van der Waals surface area contributed by atoms with Crippen LogP contribution in [0.4, 0.5) is 11.4 Å². The molecule has 1 rings (SSSR count). The molecule has 0 bridgehead atoms. The second-order valence-corrected chi connectivity index (χ2v) is 3.67. The Morgan fingerprint density at radius 3 is 2.60 bits per heavy atom. The van der Waals surface area contributed by atoms with Crippen molar-refractivity contribution in [1.29, 1.82) is 0 Å². The van der Waals surface area contributed by atoms with E-state index in [2.05, 4.69) is 5.32 Å². The van der Waals surface area contributed by atoms with Gasteiger partial charge in [-0.05, 0) is 13.0 Å². The van der Waals surface area contributed by atoms with Crippen molar-refractivity contribution in [2.75, 3.05) is 5.32 Å². The number of nitrogens with zero attached hydrogens (tertiary/aromatic N) is 1. The van der Waals surface area contributed by atoms with E-state index in [1.165, 1.54) is 12.2 Å². The average Bonchev–Trinajstić information content (AvgIpc) is 2.38. The number of aromatic carboxylic acids is 1. The number of carbonyl (C=O) groups is 2. The van der Waals surface area contributed by atoms with Crippen LogP contribution in [0.3, 0.4) is 0 Å². The largest absolute Gasteiger partial charge is 0.478 e. The van der Waals surface area contributed by atoms with Crippen LogP contribution in [0.15, 0.2) is 42.5 Å². The Morgan fingerprint density at radius 2 is 2.05 bits per heavy atom. The van der Waals surface area contributed by atoms with Gasteiger partial charge in [-0.1, -0.05) is 18.2 Å². The maximum Gasteiger partial charge on any atom is 0.337 e. The molecule has 0 fully saturated rings. The van der Waals surface area contributed by atoms with E-state index >= 15 is 0 Å². The SMILES string of the molecule is CC=CC=CC(=O)Nc1cc([N+](=O)[O-])ccc1C(=O)O. The number of nitro benzene ring substituents is 1. The van der Waals surface area contributed by atoms with E-state index in [0.29, 0.717) is 0 Å². The van der Waals surface area contributed by atoms with Crippen molar-refractivity contribution in [3.05, 3.63) is 58.2 Å². The fourth-order valence-corrected chi connectivity index (χ4v) is 1.36. The lowest BCUT2D eigenvalue weighted by molar-refractivity contribution is -0.384. The Bertz CT molecular complexity index is 605. The number of carbonyl (C=O) groups excluding carboxylic acids is 1. The molecule has 2 N–H and O–H groups in total. The van der Waals surface area contributed by atoms with Crippen molar-refractivity contribution in [3.8, 4) is 0 Å². The molecule has 0 unspecified atom stereocenters. The fourth-order valence-electron chi connectivity index (χ4n) is 1.36. The molecule has 7 nitrogen and oxygen atoms in total. The van der Waals surface area contributed by atoms with E-state index in [1.807, 2.05) is 0 Å². The van der Waals surface area contributed by atoms with Crippen LogP contribution in [0.5, 0.6) is 0 Å². The zero-order chi connectivity index (χ0) is 15.1. The number of nitrogens with one attached hydrogen (secondary N) is 1. The van der Waals surface area contributed by atoms with Gasteiger partial charge in [0.05, 0.1) is 16.2 Å². The average molecular weight is 276 g/mol. The van der Waals surface area contributed by atoms with E-state index in [1.54, 1.807) is 19.1 Å². The van der Waals surface area contributed by atoms with E-state index in [-0.39, 0.29) is 16.9 Å². The molecule has 1 aromatic rings. The molecule has 0 heterocycles. The lowest BCUT2D eigenvalue weighted by atomic mass is 10.1. The smallest absolute Gasteiger partial charge is 0.337 e. The van der Waals surface area contributed by atoms with Gasteiger partial charge < -0.3 is 10.4 Å². The third-order valence-electron chi connectivity index (χ3n) is 2.25. The quantitative estimate of drug-likeness (QED) is 0.371. The summed E-state index contributed by atoms with van der Waals surface area (Å²) in [7, 11) is 0. The van der Waals surface area contributed by atoms with Gasteiger partial charge in [-0.15, -0.1) is 0 Å². The summed E-state index contributed by atoms with van der Waals surface area (Å²) < 4.78 is 0. The van der Waals surface area contributed by atoms with Crippen LogP contribution in [0.1, 0.15) is 17.3 Å². The molecular formula is C13H12N2O5. The second kappa shape index (κ2) is 6.83. The van der Waals surface area contributed by atoms with Crippen molar-refractivity contribution >= 4 is 23.3 Å². The molecule has 0 saturated heterocycles. The van der Waals surface area contributed by atoms with Gasteiger partial charge in [-0.2, -0.15) is 0 Å². The van der Waals surface area contributed by atoms with Crippen LogP contribution in [0, 0.1) is 10.1 Å². The molecule has 0 atom stereocenters. The Balaban J connectivity index is 3.07. The third kappa shape index (κ3) is 4.05. The summed E-state index contributed by atoms with van der Waals surface area (Å²) >= 11 is 0. The van der Waals surface area contributed by atoms with Crippen molar-refractivity contribution < 1.29 is 19.6 Å². The molecule has 0 aliphatic heterocycles. The van der Waals surface area contributed by atoms with Crippen molar-refractivity contribution in [2.24, 2.45) is 0 Å². The van der Waals surface area contributed by atoms with Gasteiger partial charge in [0.25, 0.3) is 5.69 Å². The minimum absolute atomic E-state index is 0.123. The maximum atomic E-state index is 11.5. The molecule has 0 aromatic heterocycles. The molecule has 1 aromatic carbocycles. The van der Waals surface area contributed by atoms with Gasteiger partial charge in [0.1, 0.15) is 0 Å². The van der Waals surface area contributed by atoms with Crippen molar-refractivity contribution in [2.45, 2.75) is 6.92 Å². The number of hydrogen-bond acceptors (Lipinski definition) is 4. The van der Waals surface area contributed by atoms with Crippen LogP contribution in [-0.2, 0) is 4.79 Å². The lowest BCUT2D eigenvalue weighted by Crippen LogP contribution is -2.12. The predicted molar refractivity (Wildman–Crippen MR) is 72.6 cm³/mol. The highest BCUT2D eigenvalue weighted by molar-refractivity contribution is 6.04. The monoisotopic (exact) mass is 276 g/mol. The highest BCUT2D eigenvalue weighted by Crippen LogP contribution is 2.22. The minimum Gasteiger partial charge on any atom is -0.478 e. The molecule has 7 heteroatoms. The van der Waals surface area contributed by atoms with Crippen LogP contribution >= 0.6 is 0 Å². The number of hydrogen-bond donors (Lipinski definition) is 2. The number of non-ortho nitro benzene ring substituents is 1. The molecule has 20 heavy (non-hydrogen) atoms. The minimum atomic E-state index is -1.28. The number of carboxylic acid groups (broad SMARTS) is 1. The lowest BCUT2D eigenvalue weighted by Gasteiger charge is -2.06. The van der Waals surface area contributed by atoms with Gasteiger partial charge in [0.2, 0.25) is 5.91 Å². The molecule has 0 radical (unpaired) electrons. The van der Waals surface area contributed by atoms with Crippen molar-refractivity contribution in [3.63, 3.8) is 0 Å². The Hall–Kier alpha value is -2.96. The Labute approximate surface area is 114 Å². The van der Waals surface area contributed by atoms with Gasteiger partial charge in [-0.25, -0.2) is 4.79 Å². The normalized spacial score (nSPS) is 10.8. The molecule has 0 aliphatic carbocycles. The summed E-state index contributed by atoms with van der Waals surface area (Å²) in [5, 5.41) is 21.9. The third-order valence-corrected chi connectivity index (χ3v) is 2.25. The highest BCUT2D eigenvalue weighted by Gasteiger charge is 2.16. The number of nitro groups is 1. The highest BCUT2D eigenvalue weighted by atomic mass is 16.6. The van der Waals surface area contributed by atoms with Crippen molar-refractivity contribution in [1.82, 2.24) is 0 Å². The van der Waals surface area contributed by atoms with Gasteiger partial charge in [0.15, 0.2) is 0 Å². The number of benzene rings is 1. The summed E-state index contributed by atoms with van der Waals surface area (Å²) in [6, 6.07) is 3.14. The molecule has 104 valence electrons. The van der Waals surface area contributed by atoms with Gasteiger partial charge in [-0.3, -0.25) is 14.9 Å². The summed E-state index contributed by atoms with van der Waals surface area (Å²) in [6.45, 7) is 1.77. The number of rotatable bonds is 5. The Morgan fingerprint density at radius 1 is 1.35 bits per heavy atom. The summed E-state index contributed by atoms with van der Waals surface area (Å²) in [5.41, 5.74) is -0.645. The molecular weight excluding hydrogens is 264 g/mol. The summed E-state index contributed by atoms with van der Waals surface area (Å²) in [6.07, 6.45) is 5.97. The zero-order valence-electron chi connectivity index (χ0n) is 10.6. The van der Waals surface area contributed by atoms with Gasteiger partial charge in [0, 0.05) is 18.2 Å². The Kier molecular flexibility index (Phi) is 5.16. The van der Waals surface area contributed by atoms with Crippen LogP contribution in [0.2, 0.25) is 0 Å². The van der Waals surface area contributed by atoms with E-state index in [4.69, 9.17) is 5.11 Å². The van der Waals surface area contributed by atoms with Crippen LogP contribution in [0.25, 0.3) is 0 Å². The number of carboxylic acids is 1. The first kappa shape index (κ1) is 15.1. The first-order chi connectivity index (χ1) is 9.45. The standard InChI is InChI=1S/C13H12N2O5/c1-2-3-4-5-12(16)14-11-8-9(15(19)20)6-7-10(11)13(17)18/h2-8H,1H3,(H,14,16)(H,17,18). The molecule has 1 amide bonds. The zero-order valence-corrected chi connectivity index (χ0v) is 10.6. The first-order valence-corrected chi connectivity index (χ1v) is 5.57. The van der Waals surface area contributed by atoms with Crippen LogP contribution in [-0.4, -0.2) is 21.9 Å². The molecule has 0 aliphatic rings. The van der Waals surface area contributed by atoms with Crippen LogP contribution < -0.4 is 5.32 Å². The molecule has 0 saturated carbocycles. The first-order valence-electron chi connectivity index (χ1n) is 5.57. The summed E-state index contributed by atoms with van der Waals surface area (Å²) in [5.74, 6) is -1.86. The predicted octanol–water partition coefficient (Wildman–Crippen LogP) is 2.36. The van der Waals surface area contributed by atoms with E-state index < -0.39 is 16.8 Å². The fraction of sp³-hybridized carbons (Fsp3) is 0.0769. The summed E-state index contributed by atoms with van der Waals surface area (Å²) in [4.78, 5) is 32.5. The number of anilines is 1. The number of amides is 1. The maximum absolute atomic E-state index is 11.5. The molecule has 0 spiro atoms. The van der Waals surface area contributed by atoms with Gasteiger partial charge >= 0.3 is 5.97 Å². The van der Waals surface area contributed by atoms with E-state index in [9.17, 15) is 19.7 Å². The van der Waals surface area contributed by atoms with E-state index in [0.717, 1.165) is 18.2 Å². The second-order valence-electron chi connectivity index (χ2n) is 3.67.